The van der Waals surface area contributed by atoms with E-state index in [2.05, 4.69) is 9.97 Å². The maximum atomic E-state index is 14.2. The van der Waals surface area contributed by atoms with E-state index < -0.39 is 29.3 Å². The van der Waals surface area contributed by atoms with E-state index in [9.17, 15) is 19.1 Å². The van der Waals surface area contributed by atoms with E-state index in [1.165, 1.54) is 32.3 Å². The second-order valence-electron chi connectivity index (χ2n) is 8.71. The fraction of sp³-hybridized carbons (Fsp3) is 0.179. The van der Waals surface area contributed by atoms with Crippen LogP contribution >= 0.6 is 0 Å². The Morgan fingerprint density at radius 2 is 1.66 bits per heavy atom. The van der Waals surface area contributed by atoms with E-state index >= 15 is 0 Å². The minimum Gasteiger partial charge on any atom is -0.507 e. The Bertz CT molecular complexity index is 1630. The van der Waals surface area contributed by atoms with Crippen LogP contribution in [0.25, 0.3) is 16.8 Å². The zero-order valence-electron chi connectivity index (χ0n) is 21.0. The summed E-state index contributed by atoms with van der Waals surface area (Å²) in [4.78, 5) is 35.8. The highest BCUT2D eigenvalue weighted by Crippen LogP contribution is 2.44. The number of aryl methyl sites for hydroxylation is 1. The van der Waals surface area contributed by atoms with E-state index in [4.69, 9.17) is 14.2 Å². The first-order chi connectivity index (χ1) is 18.3. The molecule has 9 nitrogen and oxygen atoms in total. The summed E-state index contributed by atoms with van der Waals surface area (Å²) in [5.41, 5.74) is 2.32. The maximum Gasteiger partial charge on any atom is 0.302 e. The third-order valence-corrected chi connectivity index (χ3v) is 6.44. The summed E-state index contributed by atoms with van der Waals surface area (Å²) in [5.74, 6) is -2.12. The van der Waals surface area contributed by atoms with Gasteiger partial charge >= 0.3 is 5.91 Å². The van der Waals surface area contributed by atoms with Crippen LogP contribution in [0.1, 0.15) is 22.7 Å². The van der Waals surface area contributed by atoms with Crippen molar-refractivity contribution in [2.24, 2.45) is 0 Å². The fourth-order valence-electron chi connectivity index (χ4n) is 4.62. The van der Waals surface area contributed by atoms with Gasteiger partial charge in [0, 0.05) is 0 Å². The molecule has 4 aromatic rings. The van der Waals surface area contributed by atoms with Crippen molar-refractivity contribution in [3.05, 3.63) is 82.7 Å². The summed E-state index contributed by atoms with van der Waals surface area (Å²) in [5, 5.41) is 11.4. The molecule has 1 amide bonds. The first-order valence-electron chi connectivity index (χ1n) is 11.6. The molecule has 0 bridgehead atoms. The number of aliphatic hydroxyl groups excluding tert-OH is 1. The van der Waals surface area contributed by atoms with Gasteiger partial charge in [0.1, 0.15) is 17.3 Å². The number of aliphatic hydroxyl groups is 1. The number of methoxy groups -OCH3 is 3. The van der Waals surface area contributed by atoms with Gasteiger partial charge in [0.2, 0.25) is 5.95 Å². The van der Waals surface area contributed by atoms with Crippen molar-refractivity contribution in [3.8, 4) is 17.2 Å². The van der Waals surface area contributed by atoms with Crippen molar-refractivity contribution < 1.29 is 33.3 Å². The van der Waals surface area contributed by atoms with Crippen LogP contribution in [-0.2, 0) is 9.59 Å². The number of ether oxygens (including phenoxy) is 3. The second-order valence-corrected chi connectivity index (χ2v) is 8.71. The summed E-state index contributed by atoms with van der Waals surface area (Å²) in [6.07, 6.45) is 0. The largest absolute Gasteiger partial charge is 0.507 e. The predicted molar refractivity (Wildman–Crippen MR) is 138 cm³/mol. The molecule has 1 aliphatic heterocycles. The molecule has 1 atom stereocenters. The molecule has 5 rings (SSSR count). The van der Waals surface area contributed by atoms with Crippen molar-refractivity contribution in [3.63, 3.8) is 0 Å². The Labute approximate surface area is 217 Å². The molecule has 3 aromatic carbocycles. The maximum absolute atomic E-state index is 14.2. The lowest BCUT2D eigenvalue weighted by Gasteiger charge is -2.24. The van der Waals surface area contributed by atoms with Crippen LogP contribution < -0.4 is 19.1 Å². The number of amides is 1. The van der Waals surface area contributed by atoms with Crippen LogP contribution in [0, 0.1) is 12.7 Å². The van der Waals surface area contributed by atoms with Crippen molar-refractivity contribution in [1.29, 1.82) is 0 Å². The molecule has 10 heteroatoms. The van der Waals surface area contributed by atoms with Gasteiger partial charge in [-0.05, 0) is 60.5 Å². The number of halogens is 1. The van der Waals surface area contributed by atoms with Crippen molar-refractivity contribution in [2.75, 3.05) is 26.2 Å². The summed E-state index contributed by atoms with van der Waals surface area (Å²) < 4.78 is 30.3. The monoisotopic (exact) mass is 517 g/mol. The van der Waals surface area contributed by atoms with E-state index in [0.717, 1.165) is 17.7 Å². The van der Waals surface area contributed by atoms with Crippen LogP contribution in [0.2, 0.25) is 0 Å². The lowest BCUT2D eigenvalue weighted by molar-refractivity contribution is -0.132. The number of aromatic amines is 1. The summed E-state index contributed by atoms with van der Waals surface area (Å²) in [6, 6.07) is 12.8. The highest BCUT2D eigenvalue weighted by molar-refractivity contribution is 6.51. The molecule has 0 radical (unpaired) electrons. The molecule has 194 valence electrons. The summed E-state index contributed by atoms with van der Waals surface area (Å²) in [7, 11) is 4.29. The minimum absolute atomic E-state index is 0.0730. The second kappa shape index (κ2) is 9.55. The van der Waals surface area contributed by atoms with Crippen molar-refractivity contribution in [1.82, 2.24) is 9.97 Å². The van der Waals surface area contributed by atoms with Gasteiger partial charge in [-0.2, -0.15) is 0 Å². The average molecular weight is 518 g/mol. The number of nitrogens with one attached hydrogen (secondary N) is 1. The molecule has 1 unspecified atom stereocenters. The lowest BCUT2D eigenvalue weighted by Crippen LogP contribution is -2.30. The summed E-state index contributed by atoms with van der Waals surface area (Å²) in [6.45, 7) is 1.92. The van der Waals surface area contributed by atoms with Gasteiger partial charge in [-0.1, -0.05) is 12.1 Å². The number of hydrogen-bond donors (Lipinski definition) is 2. The molecule has 2 heterocycles. The lowest BCUT2D eigenvalue weighted by atomic mass is 9.94. The van der Waals surface area contributed by atoms with Crippen LogP contribution in [0.5, 0.6) is 17.2 Å². The Morgan fingerprint density at radius 3 is 2.37 bits per heavy atom. The smallest absolute Gasteiger partial charge is 0.302 e. The van der Waals surface area contributed by atoms with Crippen LogP contribution in [0.3, 0.4) is 0 Å². The van der Waals surface area contributed by atoms with Gasteiger partial charge in [-0.25, -0.2) is 9.37 Å². The van der Waals surface area contributed by atoms with Gasteiger partial charge in [0.05, 0.1) is 49.5 Å². The Kier molecular flexibility index (Phi) is 6.23. The SMILES string of the molecule is COc1ccc(C2/C(=C(\O)c3cc(F)ccc3OC)C(=O)C(=O)N2c2nc3ccc(C)cc3[nH]2)cc1OC. The number of imidazole rings is 1. The molecule has 2 N–H and O–H groups in total. The number of H-pyrrole nitrogens is 1. The third-order valence-electron chi connectivity index (χ3n) is 6.44. The zero-order chi connectivity index (χ0) is 27.1. The van der Waals surface area contributed by atoms with Crippen molar-refractivity contribution in [2.45, 2.75) is 13.0 Å². The Morgan fingerprint density at radius 1 is 0.947 bits per heavy atom. The number of ketones is 1. The molecule has 1 fully saturated rings. The van der Waals surface area contributed by atoms with Gasteiger partial charge in [0.25, 0.3) is 5.78 Å². The number of Topliss-reactive ketones (excluding diaryl/α,β-unsaturated/α-hetero) is 1. The van der Waals surface area contributed by atoms with E-state index in [0.29, 0.717) is 28.1 Å². The standard InChI is InChI=1S/C28H24FN3O6/c1-14-5-8-18-19(11-14)31-28(30-18)32-24(15-6-9-21(37-3)22(12-15)38-4)23(26(34)27(32)35)25(33)17-13-16(29)7-10-20(17)36-2/h5-13,24,33H,1-4H3,(H,30,31)/b25-23+. The molecule has 1 aromatic heterocycles. The van der Waals surface area contributed by atoms with Crippen LogP contribution in [0.15, 0.2) is 60.2 Å². The number of nitrogens with zero attached hydrogens (tertiary/aromatic N) is 2. The minimum atomic E-state index is -1.13. The Hall–Kier alpha value is -4.86. The highest BCUT2D eigenvalue weighted by Gasteiger charge is 2.48. The Balaban J connectivity index is 1.78. The molecular weight excluding hydrogens is 493 g/mol. The zero-order valence-corrected chi connectivity index (χ0v) is 21.0. The number of anilines is 1. The molecular formula is C28H24FN3O6. The molecule has 0 saturated carbocycles. The van der Waals surface area contributed by atoms with Crippen LogP contribution in [-0.4, -0.2) is 48.1 Å². The first kappa shape index (κ1) is 24.8. The number of rotatable bonds is 6. The predicted octanol–water partition coefficient (Wildman–Crippen LogP) is 4.66. The van der Waals surface area contributed by atoms with E-state index in [1.807, 2.05) is 19.1 Å². The number of aromatic nitrogens is 2. The topological polar surface area (TPSA) is 114 Å². The highest BCUT2D eigenvalue weighted by atomic mass is 19.1. The van der Waals surface area contributed by atoms with Gasteiger partial charge in [-0.15, -0.1) is 0 Å². The molecule has 1 aliphatic rings. The number of hydrogen-bond acceptors (Lipinski definition) is 7. The molecule has 0 aliphatic carbocycles. The molecule has 0 spiro atoms. The fourth-order valence-corrected chi connectivity index (χ4v) is 4.62. The van der Waals surface area contributed by atoms with Gasteiger partial charge in [-0.3, -0.25) is 14.5 Å². The van der Waals surface area contributed by atoms with Gasteiger partial charge < -0.3 is 24.3 Å². The van der Waals surface area contributed by atoms with Crippen LogP contribution in [0.4, 0.5) is 10.3 Å². The summed E-state index contributed by atoms with van der Waals surface area (Å²) >= 11 is 0. The normalized spacial score (nSPS) is 16.8. The van der Waals surface area contributed by atoms with E-state index in [-0.39, 0.29) is 22.8 Å². The quantitative estimate of drug-likeness (QED) is 0.217. The molecule has 1 saturated heterocycles. The average Bonchev–Trinajstić information content (AvgIpc) is 3.45. The third kappa shape index (κ3) is 4.00. The first-order valence-corrected chi connectivity index (χ1v) is 11.6. The van der Waals surface area contributed by atoms with Gasteiger partial charge in [0.15, 0.2) is 11.5 Å². The molecule has 38 heavy (non-hydrogen) atoms. The number of benzene rings is 3. The van der Waals surface area contributed by atoms with Crippen molar-refractivity contribution >= 4 is 34.4 Å². The number of fused-ring (bicyclic) bond motifs is 1. The number of carbonyl (C=O) groups excluding carboxylic acids is 2. The number of carbonyl (C=O) groups is 2. The van der Waals surface area contributed by atoms with E-state index in [1.54, 1.807) is 24.3 Å².